The van der Waals surface area contributed by atoms with Crippen LogP contribution in [0.4, 0.5) is 10.5 Å². The minimum atomic E-state index is -0.945. The van der Waals surface area contributed by atoms with E-state index >= 15 is 0 Å². The molecule has 2 aromatic rings. The van der Waals surface area contributed by atoms with Gasteiger partial charge < -0.3 is 20.3 Å². The number of nitrogens with zero attached hydrogens (tertiary/aromatic N) is 1. The number of rotatable bonds is 7. The summed E-state index contributed by atoms with van der Waals surface area (Å²) in [7, 11) is 0. The molecule has 2 aromatic carbocycles. The van der Waals surface area contributed by atoms with Crippen molar-refractivity contribution in [2.45, 2.75) is 73.1 Å². The minimum Gasteiger partial charge on any atom is -0.444 e. The Bertz CT molecular complexity index is 1070. The molecule has 0 saturated carbocycles. The Hall–Kier alpha value is -3.06. The molecule has 0 radical (unpaired) electrons. The molecule has 0 bridgehead atoms. The van der Waals surface area contributed by atoms with Gasteiger partial charge in [0.25, 0.3) is 5.91 Å². The summed E-state index contributed by atoms with van der Waals surface area (Å²) in [4.78, 5) is 40.8. The molecule has 0 aliphatic heterocycles. The number of aryl methyl sites for hydroxylation is 3. The second-order valence-electron chi connectivity index (χ2n) is 9.93. The highest BCUT2D eigenvalue weighted by atomic mass is 35.5. The third-order valence-corrected chi connectivity index (χ3v) is 5.66. The molecule has 35 heavy (non-hydrogen) atoms. The van der Waals surface area contributed by atoms with Gasteiger partial charge in [-0.05, 0) is 78.1 Å². The number of anilines is 1. The number of ether oxygens (including phenoxy) is 1. The van der Waals surface area contributed by atoms with Gasteiger partial charge in [-0.15, -0.1) is 0 Å². The molecule has 0 aliphatic carbocycles. The third-order valence-electron chi connectivity index (χ3n) is 5.34. The van der Waals surface area contributed by atoms with E-state index in [9.17, 15) is 14.4 Å². The smallest absolute Gasteiger partial charge is 0.408 e. The highest BCUT2D eigenvalue weighted by Crippen LogP contribution is 2.31. The fourth-order valence-corrected chi connectivity index (χ4v) is 4.08. The molecule has 190 valence electrons. The predicted molar refractivity (Wildman–Crippen MR) is 140 cm³/mol. The van der Waals surface area contributed by atoms with Gasteiger partial charge in [0.05, 0.1) is 10.7 Å². The number of carbonyl (C=O) groups is 3. The lowest BCUT2D eigenvalue weighted by atomic mass is 9.96. The molecular weight excluding hydrogens is 466 g/mol. The van der Waals surface area contributed by atoms with Gasteiger partial charge in [0.15, 0.2) is 0 Å². The Kier molecular flexibility index (Phi) is 9.32. The van der Waals surface area contributed by atoms with Crippen molar-refractivity contribution in [3.63, 3.8) is 0 Å². The van der Waals surface area contributed by atoms with Gasteiger partial charge in [-0.2, -0.15) is 0 Å². The van der Waals surface area contributed by atoms with E-state index in [1.54, 1.807) is 32.9 Å². The van der Waals surface area contributed by atoms with Crippen LogP contribution in [0, 0.1) is 20.8 Å². The number of amides is 3. The molecular formula is C27H36ClN3O4. The lowest BCUT2D eigenvalue weighted by Crippen LogP contribution is -2.49. The van der Waals surface area contributed by atoms with Gasteiger partial charge >= 0.3 is 6.09 Å². The van der Waals surface area contributed by atoms with Crippen LogP contribution in [-0.4, -0.2) is 41.0 Å². The van der Waals surface area contributed by atoms with Crippen LogP contribution >= 0.6 is 11.6 Å². The zero-order chi connectivity index (χ0) is 26.5. The Morgan fingerprint density at radius 1 is 1.03 bits per heavy atom. The Balaban J connectivity index is 2.45. The predicted octanol–water partition coefficient (Wildman–Crippen LogP) is 5.71. The highest BCUT2D eigenvalue weighted by Gasteiger charge is 2.35. The van der Waals surface area contributed by atoms with E-state index in [0.717, 1.165) is 16.7 Å². The summed E-state index contributed by atoms with van der Waals surface area (Å²) in [6.45, 7) is 14.3. The van der Waals surface area contributed by atoms with E-state index in [1.807, 2.05) is 58.9 Å². The first kappa shape index (κ1) is 28.2. The molecule has 7 nitrogen and oxygen atoms in total. The number of hydrogen-bond acceptors (Lipinski definition) is 4. The molecule has 2 N–H and O–H groups in total. The van der Waals surface area contributed by atoms with Gasteiger partial charge in [-0.3, -0.25) is 9.59 Å². The van der Waals surface area contributed by atoms with Crippen LogP contribution in [0.2, 0.25) is 5.02 Å². The van der Waals surface area contributed by atoms with Gasteiger partial charge in [0.2, 0.25) is 5.91 Å². The number of hydrogen-bond donors (Lipinski definition) is 2. The molecule has 0 spiro atoms. The molecule has 2 rings (SSSR count). The summed E-state index contributed by atoms with van der Waals surface area (Å²) in [5.41, 5.74) is 3.22. The van der Waals surface area contributed by atoms with Crippen molar-refractivity contribution in [1.29, 1.82) is 0 Å². The zero-order valence-electron chi connectivity index (χ0n) is 21.8. The fraction of sp³-hybridized carbons (Fsp3) is 0.444. The van der Waals surface area contributed by atoms with E-state index in [1.165, 1.54) is 4.90 Å². The number of carbonyl (C=O) groups excluding carboxylic acids is 3. The standard InChI is InChI=1S/C27H36ClN3O4/c1-16(2)31(22(32)15-29-26(34)35-27(6,7)8)24(20-13-12-17(3)14-19(20)5)25(33)30-23-18(4)10-9-11-21(23)28/h9-14,16,24H,15H2,1-8H3,(H,29,34)(H,30,33). The average Bonchev–Trinajstić information content (AvgIpc) is 2.72. The summed E-state index contributed by atoms with van der Waals surface area (Å²) in [6.07, 6.45) is -0.700. The first-order chi connectivity index (χ1) is 16.2. The normalized spacial score (nSPS) is 12.2. The molecule has 0 aliphatic rings. The summed E-state index contributed by atoms with van der Waals surface area (Å²) < 4.78 is 5.24. The van der Waals surface area contributed by atoms with Gasteiger partial charge in [0, 0.05) is 6.04 Å². The first-order valence-corrected chi connectivity index (χ1v) is 12.0. The van der Waals surface area contributed by atoms with Crippen LogP contribution in [-0.2, 0) is 14.3 Å². The molecule has 3 amide bonds. The molecule has 8 heteroatoms. The van der Waals surface area contributed by atoms with Crippen molar-refractivity contribution in [2.24, 2.45) is 0 Å². The van der Waals surface area contributed by atoms with Crippen molar-refractivity contribution in [1.82, 2.24) is 10.2 Å². The van der Waals surface area contributed by atoms with E-state index in [2.05, 4.69) is 10.6 Å². The van der Waals surface area contributed by atoms with Crippen LogP contribution < -0.4 is 10.6 Å². The van der Waals surface area contributed by atoms with Crippen LogP contribution in [0.5, 0.6) is 0 Å². The summed E-state index contributed by atoms with van der Waals surface area (Å²) in [5.74, 6) is -0.811. The largest absolute Gasteiger partial charge is 0.444 e. The number of alkyl carbamates (subject to hydrolysis) is 1. The molecule has 1 unspecified atom stereocenters. The second kappa shape index (κ2) is 11.6. The average molecular weight is 502 g/mol. The molecule has 0 aromatic heterocycles. The minimum absolute atomic E-state index is 0.313. The van der Waals surface area contributed by atoms with Gasteiger partial charge in [0.1, 0.15) is 18.2 Å². The molecule has 0 saturated heterocycles. The maximum absolute atomic E-state index is 13.8. The van der Waals surface area contributed by atoms with Gasteiger partial charge in [-0.1, -0.05) is 47.5 Å². The van der Waals surface area contributed by atoms with Crippen molar-refractivity contribution in [2.75, 3.05) is 11.9 Å². The van der Waals surface area contributed by atoms with Crippen LogP contribution in [0.15, 0.2) is 36.4 Å². The lowest BCUT2D eigenvalue weighted by molar-refractivity contribution is -0.140. The zero-order valence-corrected chi connectivity index (χ0v) is 22.5. The Labute approximate surface area is 213 Å². The van der Waals surface area contributed by atoms with Crippen LogP contribution in [0.3, 0.4) is 0 Å². The first-order valence-electron chi connectivity index (χ1n) is 11.6. The second-order valence-corrected chi connectivity index (χ2v) is 10.3. The molecule has 0 fully saturated rings. The van der Waals surface area contributed by atoms with Crippen molar-refractivity contribution >= 4 is 35.2 Å². The van der Waals surface area contributed by atoms with Crippen molar-refractivity contribution in [3.05, 3.63) is 63.7 Å². The van der Waals surface area contributed by atoms with E-state index in [4.69, 9.17) is 16.3 Å². The number of benzene rings is 2. The number of para-hydroxylation sites is 1. The van der Waals surface area contributed by atoms with Crippen molar-refractivity contribution in [3.8, 4) is 0 Å². The Morgan fingerprint density at radius 3 is 2.23 bits per heavy atom. The summed E-state index contributed by atoms with van der Waals surface area (Å²) >= 11 is 6.36. The van der Waals surface area contributed by atoms with Gasteiger partial charge in [-0.25, -0.2) is 4.79 Å². The quantitative estimate of drug-likeness (QED) is 0.509. The number of halogens is 1. The van der Waals surface area contributed by atoms with E-state index in [-0.39, 0.29) is 12.6 Å². The topological polar surface area (TPSA) is 87.7 Å². The summed E-state index contributed by atoms with van der Waals surface area (Å²) in [6, 6.07) is 9.81. The third kappa shape index (κ3) is 7.72. The monoisotopic (exact) mass is 501 g/mol. The maximum atomic E-state index is 13.8. The summed E-state index contributed by atoms with van der Waals surface area (Å²) in [5, 5.41) is 5.84. The van der Waals surface area contributed by atoms with Crippen LogP contribution in [0.1, 0.15) is 62.9 Å². The Morgan fingerprint density at radius 2 is 1.69 bits per heavy atom. The maximum Gasteiger partial charge on any atom is 0.408 e. The van der Waals surface area contributed by atoms with E-state index in [0.29, 0.717) is 16.3 Å². The number of nitrogens with one attached hydrogen (secondary N) is 2. The van der Waals surface area contributed by atoms with Crippen LogP contribution in [0.25, 0.3) is 0 Å². The molecule has 0 heterocycles. The highest BCUT2D eigenvalue weighted by molar-refractivity contribution is 6.34. The SMILES string of the molecule is Cc1ccc(C(C(=O)Nc2c(C)cccc2Cl)N(C(=O)CNC(=O)OC(C)(C)C)C(C)C)c(C)c1. The fourth-order valence-electron chi connectivity index (χ4n) is 3.81. The molecule has 1 atom stereocenters. The van der Waals surface area contributed by atoms with Crippen molar-refractivity contribution < 1.29 is 19.1 Å². The van der Waals surface area contributed by atoms with E-state index < -0.39 is 29.6 Å². The lowest BCUT2D eigenvalue weighted by Gasteiger charge is -2.35.